The molecule has 0 aliphatic carbocycles. The lowest BCUT2D eigenvalue weighted by Gasteiger charge is -2.20. The summed E-state index contributed by atoms with van der Waals surface area (Å²) in [5, 5.41) is 0.0193. The molecule has 0 bridgehead atoms. The van der Waals surface area contributed by atoms with Crippen LogP contribution in [0.4, 0.5) is 0 Å². The molecule has 0 unspecified atom stereocenters. The van der Waals surface area contributed by atoms with Crippen molar-refractivity contribution in [2.45, 2.75) is 52.8 Å². The molecule has 26 heavy (non-hydrogen) atoms. The van der Waals surface area contributed by atoms with Gasteiger partial charge in [0.1, 0.15) is 16.8 Å². The van der Waals surface area contributed by atoms with Crippen LogP contribution in [0.25, 0.3) is 5.31 Å². The third-order valence-corrected chi connectivity index (χ3v) is 5.77. The summed E-state index contributed by atoms with van der Waals surface area (Å²) in [7, 11) is -3.80. The summed E-state index contributed by atoms with van der Waals surface area (Å²) in [6, 6.07) is 1.80. The zero-order valence-corrected chi connectivity index (χ0v) is 17.9. The van der Waals surface area contributed by atoms with Crippen molar-refractivity contribution in [2.24, 2.45) is 0 Å². The van der Waals surface area contributed by atoms with Crippen molar-refractivity contribution >= 4 is 30.5 Å². The predicted molar refractivity (Wildman–Crippen MR) is 102 cm³/mol. The second kappa shape index (κ2) is 9.75. The molecule has 0 radical (unpaired) electrons. The summed E-state index contributed by atoms with van der Waals surface area (Å²) in [6.45, 7) is 11.5. The fraction of sp³-hybridized carbons (Fsp3) is 0.611. The molecular weight excluding hydrogens is 379 g/mol. The molecule has 0 atom stereocenters. The molecule has 0 spiro atoms. The van der Waals surface area contributed by atoms with Gasteiger partial charge in [0, 0.05) is 17.1 Å². The van der Waals surface area contributed by atoms with Crippen molar-refractivity contribution in [3.8, 4) is 0 Å². The van der Waals surface area contributed by atoms with Crippen molar-refractivity contribution in [1.82, 2.24) is 0 Å². The van der Waals surface area contributed by atoms with Crippen molar-refractivity contribution in [3.63, 3.8) is 0 Å². The van der Waals surface area contributed by atoms with Crippen LogP contribution in [0.3, 0.4) is 0 Å². The van der Waals surface area contributed by atoms with Gasteiger partial charge in [0.15, 0.2) is 0 Å². The molecule has 1 rings (SSSR count). The minimum absolute atomic E-state index is 0.0193. The van der Waals surface area contributed by atoms with Crippen molar-refractivity contribution < 1.29 is 27.6 Å². The first kappa shape index (κ1) is 23.0. The smallest absolute Gasteiger partial charge is 0.365 e. The van der Waals surface area contributed by atoms with E-state index in [1.807, 2.05) is 20.8 Å². The van der Waals surface area contributed by atoms with Gasteiger partial charge in [-0.25, -0.2) is 4.79 Å². The summed E-state index contributed by atoms with van der Waals surface area (Å²) < 4.78 is 35.1. The number of carbonyl (C=O) groups excluding carboxylic acids is 1. The number of carbonyl (C=O) groups is 1. The highest BCUT2D eigenvalue weighted by atomic mass is 35.5. The number of esters is 1. The molecule has 8 heteroatoms. The van der Waals surface area contributed by atoms with Gasteiger partial charge < -0.3 is 18.2 Å². The van der Waals surface area contributed by atoms with Crippen molar-refractivity contribution in [1.29, 1.82) is 0 Å². The van der Waals surface area contributed by atoms with Gasteiger partial charge in [-0.3, -0.25) is 4.57 Å². The van der Waals surface area contributed by atoms with Gasteiger partial charge in [-0.2, -0.15) is 0 Å². The van der Waals surface area contributed by atoms with Crippen LogP contribution in [-0.2, 0) is 34.4 Å². The Morgan fingerprint density at radius 2 is 1.77 bits per heavy atom. The highest BCUT2D eigenvalue weighted by Gasteiger charge is 2.36. The topological polar surface area (TPSA) is 75.0 Å². The summed E-state index contributed by atoms with van der Waals surface area (Å²) in [5.41, 5.74) is 0.307. The number of ether oxygens (including phenoxy) is 1. The number of halogens is 1. The number of hydrogen-bond donors (Lipinski definition) is 0. The zero-order chi connectivity index (χ0) is 20.0. The number of furan rings is 1. The Balaban J connectivity index is 3.63. The molecule has 0 fully saturated rings. The van der Waals surface area contributed by atoms with Crippen LogP contribution < -0.4 is 0 Å². The van der Waals surface area contributed by atoms with Gasteiger partial charge >= 0.3 is 13.6 Å². The Bertz CT molecular complexity index is 676. The van der Waals surface area contributed by atoms with Crippen molar-refractivity contribution in [3.05, 3.63) is 29.2 Å². The molecule has 0 aliphatic rings. The molecule has 1 aromatic rings. The molecule has 0 N–H and O–H groups in total. The molecule has 0 amide bonds. The summed E-state index contributed by atoms with van der Waals surface area (Å²) in [4.78, 5) is 12.1. The first-order valence-corrected chi connectivity index (χ1v) is 10.7. The van der Waals surface area contributed by atoms with Crippen LogP contribution in [-0.4, -0.2) is 25.8 Å². The quantitative estimate of drug-likeness (QED) is 0.234. The Morgan fingerprint density at radius 3 is 2.19 bits per heavy atom. The Morgan fingerprint density at radius 1 is 1.19 bits per heavy atom. The van der Waals surface area contributed by atoms with E-state index in [0.717, 1.165) is 6.08 Å². The fourth-order valence-corrected chi connectivity index (χ4v) is 4.13. The molecule has 6 nitrogen and oxygen atoms in total. The molecule has 0 saturated carbocycles. The lowest BCUT2D eigenvalue weighted by Crippen LogP contribution is -2.09. The van der Waals surface area contributed by atoms with E-state index in [4.69, 9.17) is 29.8 Å². The summed E-state index contributed by atoms with van der Waals surface area (Å²) >= 11 is 6.07. The van der Waals surface area contributed by atoms with E-state index >= 15 is 0 Å². The average Bonchev–Trinajstić information content (AvgIpc) is 2.97. The largest absolute Gasteiger partial charge is 0.463 e. The maximum atomic E-state index is 13.4. The zero-order valence-electron chi connectivity index (χ0n) is 16.3. The van der Waals surface area contributed by atoms with E-state index in [1.165, 1.54) is 0 Å². The molecule has 0 aromatic carbocycles. The summed E-state index contributed by atoms with van der Waals surface area (Å²) in [6.07, 6.45) is 1.11. The lowest BCUT2D eigenvalue weighted by molar-refractivity contribution is -0.137. The van der Waals surface area contributed by atoms with Crippen LogP contribution in [0, 0.1) is 0 Å². The van der Waals surface area contributed by atoms with Gasteiger partial charge in [0.2, 0.25) is 0 Å². The van der Waals surface area contributed by atoms with Crippen LogP contribution in [0.1, 0.15) is 58.6 Å². The van der Waals surface area contributed by atoms with Gasteiger partial charge in [-0.05, 0) is 26.8 Å². The molecular formula is C18H28ClO6P. The lowest BCUT2D eigenvalue weighted by atomic mass is 9.93. The Labute approximate surface area is 160 Å². The highest BCUT2D eigenvalue weighted by molar-refractivity contribution is 7.65. The van der Waals surface area contributed by atoms with E-state index < -0.39 is 13.6 Å². The molecule has 1 aromatic heterocycles. The minimum Gasteiger partial charge on any atom is -0.463 e. The monoisotopic (exact) mass is 406 g/mol. The van der Waals surface area contributed by atoms with Crippen LogP contribution >= 0.6 is 19.2 Å². The van der Waals surface area contributed by atoms with Crippen LogP contribution in [0.5, 0.6) is 0 Å². The highest BCUT2D eigenvalue weighted by Crippen LogP contribution is 2.61. The number of alkyl halides is 1. The van der Waals surface area contributed by atoms with Gasteiger partial charge in [0.25, 0.3) is 0 Å². The normalized spacial score (nSPS) is 13.1. The molecule has 148 valence electrons. The average molecular weight is 407 g/mol. The summed E-state index contributed by atoms with van der Waals surface area (Å²) in [5.74, 6) is 0.338. The first-order chi connectivity index (χ1) is 12.1. The SMILES string of the molecule is CCOC(=O)C=C(c1oc(C(C)(C)C)cc1CCl)P(=O)(OCC)OCC. The molecule has 1 heterocycles. The van der Waals surface area contributed by atoms with Gasteiger partial charge in [0.05, 0.1) is 25.7 Å². The Kier molecular flexibility index (Phi) is 8.61. The standard InChI is InChI=1S/C18H28ClO6P/c1-7-22-16(20)11-14(26(21,23-8-2)24-9-3)17-13(12-19)10-15(25-17)18(4,5)6/h10-11H,7-9,12H2,1-6H3. The second-order valence-electron chi connectivity index (χ2n) is 6.46. The van der Waals surface area contributed by atoms with Crippen molar-refractivity contribution in [2.75, 3.05) is 19.8 Å². The van der Waals surface area contributed by atoms with E-state index in [9.17, 15) is 9.36 Å². The first-order valence-electron chi connectivity index (χ1n) is 8.60. The third-order valence-electron chi connectivity index (χ3n) is 3.36. The Hall–Kier alpha value is -1.07. The van der Waals surface area contributed by atoms with Gasteiger partial charge in [-0.1, -0.05) is 20.8 Å². The predicted octanol–water partition coefficient (Wildman–Crippen LogP) is 5.49. The molecule has 0 aliphatic heterocycles. The number of hydrogen-bond acceptors (Lipinski definition) is 6. The molecule has 0 saturated heterocycles. The van der Waals surface area contributed by atoms with E-state index in [2.05, 4.69) is 0 Å². The fourth-order valence-electron chi connectivity index (χ4n) is 2.20. The maximum Gasteiger partial charge on any atom is 0.365 e. The minimum atomic E-state index is -3.80. The van der Waals surface area contributed by atoms with E-state index in [1.54, 1.807) is 26.8 Å². The maximum absolute atomic E-state index is 13.4. The van der Waals surface area contributed by atoms with Crippen LogP contribution in [0.2, 0.25) is 0 Å². The third kappa shape index (κ3) is 5.71. The van der Waals surface area contributed by atoms with Gasteiger partial charge in [-0.15, -0.1) is 11.6 Å². The van der Waals surface area contributed by atoms with E-state index in [0.29, 0.717) is 11.3 Å². The number of rotatable bonds is 9. The van der Waals surface area contributed by atoms with E-state index in [-0.39, 0.29) is 42.2 Å². The van der Waals surface area contributed by atoms with Crippen LogP contribution in [0.15, 0.2) is 16.6 Å². The second-order valence-corrected chi connectivity index (χ2v) is 8.72.